The Morgan fingerprint density at radius 3 is 2.65 bits per heavy atom. The van der Waals surface area contributed by atoms with E-state index in [0.29, 0.717) is 22.9 Å². The maximum Gasteiger partial charge on any atom is 0.261 e. The summed E-state index contributed by atoms with van der Waals surface area (Å²) in [5, 5.41) is 2.48. The fraction of sp³-hybridized carbons (Fsp3) is 0.0400. The first-order chi connectivity index (χ1) is 16.5. The number of para-hydroxylation sites is 2. The molecule has 2 aromatic heterocycles. The number of carbonyl (C=O) groups excluding carboxylic acids is 2. The number of ether oxygens (including phenoxy) is 1. The van der Waals surface area contributed by atoms with Gasteiger partial charge in [0.05, 0.1) is 28.4 Å². The lowest BCUT2D eigenvalue weighted by molar-refractivity contribution is 0.0983. The van der Waals surface area contributed by atoms with Crippen molar-refractivity contribution in [3.8, 4) is 11.6 Å². The average molecular weight is 475 g/mol. The van der Waals surface area contributed by atoms with Crippen LogP contribution in [0.4, 0.5) is 15.9 Å². The third kappa shape index (κ3) is 4.06. The molecule has 1 aliphatic heterocycles. The summed E-state index contributed by atoms with van der Waals surface area (Å²) in [6, 6.07) is 17.8. The van der Waals surface area contributed by atoms with Crippen LogP contribution in [0.15, 0.2) is 79.1 Å². The molecule has 0 fully saturated rings. The van der Waals surface area contributed by atoms with Gasteiger partial charge >= 0.3 is 0 Å². The maximum atomic E-state index is 14.0. The van der Waals surface area contributed by atoms with Crippen LogP contribution in [0.1, 0.15) is 26.3 Å². The number of nitrogens with one attached hydrogen (secondary N) is 1. The molecule has 1 N–H and O–H groups in total. The summed E-state index contributed by atoms with van der Waals surface area (Å²) < 4.78 is 19.9. The molecule has 3 heterocycles. The zero-order valence-electron chi connectivity index (χ0n) is 17.5. The number of aromatic nitrogens is 2. The number of hydrogen-bond acceptors (Lipinski definition) is 5. The van der Waals surface area contributed by atoms with Gasteiger partial charge in [-0.2, -0.15) is 0 Å². The number of rotatable bonds is 3. The number of carbonyl (C=O) groups is 2. The van der Waals surface area contributed by atoms with Crippen molar-refractivity contribution in [2.24, 2.45) is 0 Å². The minimum Gasteiger partial charge on any atom is -0.436 e. The number of hydrogen-bond donors (Lipinski definition) is 1. The van der Waals surface area contributed by atoms with E-state index in [2.05, 4.69) is 15.3 Å². The second kappa shape index (κ2) is 8.92. The molecule has 5 rings (SSSR count). The number of benzene rings is 2. The van der Waals surface area contributed by atoms with Gasteiger partial charge in [0.2, 0.25) is 5.88 Å². The average Bonchev–Trinajstić information content (AvgIpc) is 3.01. The van der Waals surface area contributed by atoms with Crippen molar-refractivity contribution in [3.05, 3.63) is 107 Å². The van der Waals surface area contributed by atoms with Crippen LogP contribution in [0.5, 0.6) is 11.6 Å². The first kappa shape index (κ1) is 21.5. The van der Waals surface area contributed by atoms with Crippen molar-refractivity contribution < 1.29 is 18.7 Å². The van der Waals surface area contributed by atoms with Crippen LogP contribution in [0.3, 0.4) is 0 Å². The molecule has 0 spiro atoms. The Hall–Kier alpha value is -4.30. The molecule has 0 saturated heterocycles. The van der Waals surface area contributed by atoms with Gasteiger partial charge in [-0.3, -0.25) is 9.59 Å². The molecule has 2 amide bonds. The van der Waals surface area contributed by atoms with E-state index in [-0.39, 0.29) is 28.9 Å². The predicted octanol–water partition coefficient (Wildman–Crippen LogP) is 5.47. The van der Waals surface area contributed by atoms with Gasteiger partial charge in [-0.1, -0.05) is 35.9 Å². The molecule has 4 aromatic rings. The van der Waals surface area contributed by atoms with E-state index in [1.807, 2.05) is 18.2 Å². The van der Waals surface area contributed by atoms with E-state index in [1.165, 1.54) is 30.5 Å². The van der Waals surface area contributed by atoms with Crippen LogP contribution >= 0.6 is 11.6 Å². The SMILES string of the molecule is O=C(Nc1ccc(C(=O)N2Cc3cccnc3Oc3ccccc32)cn1)c1c(F)cccc1Cl. The van der Waals surface area contributed by atoms with Gasteiger partial charge in [-0.25, -0.2) is 14.4 Å². The van der Waals surface area contributed by atoms with Crippen molar-refractivity contribution in [2.75, 3.05) is 10.2 Å². The molecule has 7 nitrogen and oxygen atoms in total. The fourth-order valence-corrected chi connectivity index (χ4v) is 3.84. The number of amides is 2. The molecular formula is C25H16ClFN4O3. The predicted molar refractivity (Wildman–Crippen MR) is 125 cm³/mol. The van der Waals surface area contributed by atoms with Crippen molar-refractivity contribution in [1.29, 1.82) is 0 Å². The Kier molecular flexibility index (Phi) is 5.65. The summed E-state index contributed by atoms with van der Waals surface area (Å²) in [5.74, 6) is -0.698. The molecule has 168 valence electrons. The van der Waals surface area contributed by atoms with Crippen LogP contribution in [-0.2, 0) is 6.54 Å². The highest BCUT2D eigenvalue weighted by atomic mass is 35.5. The van der Waals surface area contributed by atoms with Gasteiger partial charge in [-0.05, 0) is 42.5 Å². The molecule has 2 aromatic carbocycles. The summed E-state index contributed by atoms with van der Waals surface area (Å²) in [7, 11) is 0. The molecule has 34 heavy (non-hydrogen) atoms. The van der Waals surface area contributed by atoms with Crippen LogP contribution in [0, 0.1) is 5.82 Å². The Balaban J connectivity index is 1.40. The van der Waals surface area contributed by atoms with E-state index in [0.717, 1.165) is 11.6 Å². The molecule has 0 aliphatic carbocycles. The van der Waals surface area contributed by atoms with Crippen LogP contribution < -0.4 is 15.0 Å². The normalized spacial score (nSPS) is 12.1. The highest BCUT2D eigenvalue weighted by Crippen LogP contribution is 2.38. The zero-order valence-corrected chi connectivity index (χ0v) is 18.3. The lowest BCUT2D eigenvalue weighted by atomic mass is 10.1. The molecule has 0 bridgehead atoms. The lowest BCUT2D eigenvalue weighted by Crippen LogP contribution is -2.30. The summed E-state index contributed by atoms with van der Waals surface area (Å²) in [5.41, 5.74) is 1.37. The van der Waals surface area contributed by atoms with Crippen molar-refractivity contribution in [3.63, 3.8) is 0 Å². The van der Waals surface area contributed by atoms with E-state index >= 15 is 0 Å². The summed E-state index contributed by atoms with van der Waals surface area (Å²) in [4.78, 5) is 35.9. The van der Waals surface area contributed by atoms with Gasteiger partial charge in [0.15, 0.2) is 5.75 Å². The summed E-state index contributed by atoms with van der Waals surface area (Å²) in [6.07, 6.45) is 2.98. The second-order valence-electron chi connectivity index (χ2n) is 7.41. The first-order valence-electron chi connectivity index (χ1n) is 10.3. The number of fused-ring (bicyclic) bond motifs is 2. The topological polar surface area (TPSA) is 84.4 Å². The van der Waals surface area contributed by atoms with Crippen molar-refractivity contribution in [1.82, 2.24) is 9.97 Å². The monoisotopic (exact) mass is 474 g/mol. The second-order valence-corrected chi connectivity index (χ2v) is 7.82. The Morgan fingerprint density at radius 2 is 1.85 bits per heavy atom. The maximum absolute atomic E-state index is 14.0. The van der Waals surface area contributed by atoms with E-state index in [1.54, 1.807) is 29.3 Å². The molecule has 0 radical (unpaired) electrons. The van der Waals surface area contributed by atoms with E-state index < -0.39 is 11.7 Å². The van der Waals surface area contributed by atoms with Gasteiger partial charge in [-0.15, -0.1) is 0 Å². The van der Waals surface area contributed by atoms with Gasteiger partial charge < -0.3 is 15.0 Å². The highest BCUT2D eigenvalue weighted by Gasteiger charge is 2.27. The quantitative estimate of drug-likeness (QED) is 0.425. The Labute approximate surface area is 198 Å². The lowest BCUT2D eigenvalue weighted by Gasteiger charge is -2.22. The Bertz CT molecular complexity index is 1390. The minimum absolute atomic E-state index is 0.0129. The van der Waals surface area contributed by atoms with Crippen LogP contribution in [0.2, 0.25) is 5.02 Å². The van der Waals surface area contributed by atoms with Gasteiger partial charge in [0.1, 0.15) is 11.6 Å². The number of nitrogens with zero attached hydrogens (tertiary/aromatic N) is 3. The zero-order chi connectivity index (χ0) is 23.7. The third-order valence-corrected chi connectivity index (χ3v) is 5.54. The molecule has 1 aliphatic rings. The van der Waals surface area contributed by atoms with Gasteiger partial charge in [0, 0.05) is 18.0 Å². The van der Waals surface area contributed by atoms with Crippen LogP contribution in [-0.4, -0.2) is 21.8 Å². The molecular weight excluding hydrogens is 459 g/mol. The van der Waals surface area contributed by atoms with Crippen molar-refractivity contribution >= 4 is 34.9 Å². The first-order valence-corrected chi connectivity index (χ1v) is 10.6. The molecule has 0 saturated carbocycles. The molecule has 0 atom stereocenters. The largest absolute Gasteiger partial charge is 0.436 e. The standard InChI is InChI=1S/C25H16ClFN4O3/c26-17-6-3-7-18(27)22(17)23(32)30-21-11-10-15(13-29-21)25(33)31-14-16-5-4-12-28-24(16)34-20-9-2-1-8-19(20)31/h1-13H,14H2,(H,29,30,32). The molecule has 9 heteroatoms. The summed E-state index contributed by atoms with van der Waals surface area (Å²) >= 11 is 5.95. The minimum atomic E-state index is -0.742. The fourth-order valence-electron chi connectivity index (χ4n) is 3.59. The Morgan fingerprint density at radius 1 is 1.00 bits per heavy atom. The van der Waals surface area contributed by atoms with Crippen molar-refractivity contribution in [2.45, 2.75) is 6.54 Å². The molecule has 0 unspecified atom stereocenters. The number of halogens is 2. The third-order valence-electron chi connectivity index (χ3n) is 5.23. The van der Waals surface area contributed by atoms with Gasteiger partial charge in [0.25, 0.3) is 11.8 Å². The highest BCUT2D eigenvalue weighted by molar-refractivity contribution is 6.34. The number of anilines is 2. The van der Waals surface area contributed by atoms with Crippen LogP contribution in [0.25, 0.3) is 0 Å². The van der Waals surface area contributed by atoms with E-state index in [9.17, 15) is 14.0 Å². The smallest absolute Gasteiger partial charge is 0.261 e. The number of pyridine rings is 2. The van der Waals surface area contributed by atoms with E-state index in [4.69, 9.17) is 16.3 Å². The summed E-state index contributed by atoms with van der Waals surface area (Å²) in [6.45, 7) is 0.253.